The van der Waals surface area contributed by atoms with Crippen molar-refractivity contribution in [1.29, 1.82) is 0 Å². The average Bonchev–Trinajstić information content (AvgIpc) is 2.62. The Kier molecular flexibility index (Phi) is 7.37. The van der Waals surface area contributed by atoms with E-state index in [4.69, 9.17) is 0 Å². The van der Waals surface area contributed by atoms with Gasteiger partial charge in [0.15, 0.2) is 0 Å². The Labute approximate surface area is 163 Å². The molecule has 0 saturated heterocycles. The summed E-state index contributed by atoms with van der Waals surface area (Å²) >= 11 is 3.29. The molecule has 2 N–H and O–H groups in total. The molecule has 5 nitrogen and oxygen atoms in total. The van der Waals surface area contributed by atoms with Crippen LogP contribution in [-0.2, 0) is 21.2 Å². The smallest absolute Gasteiger partial charge is 0.241 e. The highest BCUT2D eigenvalue weighted by atomic mass is 79.9. The van der Waals surface area contributed by atoms with Crippen LogP contribution in [0.15, 0.2) is 64.0 Å². The molecule has 2 unspecified atom stereocenters. The lowest BCUT2D eigenvalue weighted by Crippen LogP contribution is -2.50. The molecular weight excluding hydrogens is 416 g/mol. The van der Waals surface area contributed by atoms with E-state index in [0.717, 1.165) is 16.5 Å². The molecule has 0 bridgehead atoms. The highest BCUT2D eigenvalue weighted by Gasteiger charge is 2.26. The second-order valence-corrected chi connectivity index (χ2v) is 8.77. The predicted molar refractivity (Wildman–Crippen MR) is 106 cm³/mol. The van der Waals surface area contributed by atoms with E-state index >= 15 is 0 Å². The van der Waals surface area contributed by atoms with Crippen LogP contribution in [0.5, 0.6) is 0 Å². The topological polar surface area (TPSA) is 75.3 Å². The first-order valence-corrected chi connectivity index (χ1v) is 10.7. The van der Waals surface area contributed by atoms with E-state index in [1.807, 2.05) is 44.2 Å². The predicted octanol–water partition coefficient (Wildman–Crippen LogP) is 3.25. The van der Waals surface area contributed by atoms with Crippen molar-refractivity contribution in [3.05, 3.63) is 64.6 Å². The first-order chi connectivity index (χ1) is 12.3. The standard InChI is InChI=1S/C19H23BrN2O3S/c1-3-14(2)21-19(23)18(13-15-7-5-4-6-8-15)22-26(24,25)17-11-9-16(20)10-12-17/h4-12,14,18,22H,3,13H2,1-2H3,(H,21,23). The molecule has 2 aromatic carbocycles. The molecule has 26 heavy (non-hydrogen) atoms. The molecule has 0 radical (unpaired) electrons. The Bertz CT molecular complexity index is 824. The summed E-state index contributed by atoms with van der Waals surface area (Å²) in [5, 5.41) is 2.86. The number of halogens is 1. The minimum absolute atomic E-state index is 0.0297. The summed E-state index contributed by atoms with van der Waals surface area (Å²) in [6, 6.07) is 14.7. The lowest BCUT2D eigenvalue weighted by molar-refractivity contribution is -0.123. The fourth-order valence-corrected chi connectivity index (χ4v) is 3.81. The molecule has 1 amide bonds. The van der Waals surface area contributed by atoms with Crippen LogP contribution < -0.4 is 10.0 Å². The molecule has 0 aliphatic heterocycles. The summed E-state index contributed by atoms with van der Waals surface area (Å²) in [5.41, 5.74) is 0.885. The third-order valence-corrected chi connectivity index (χ3v) is 6.04. The maximum Gasteiger partial charge on any atom is 0.241 e. The van der Waals surface area contributed by atoms with E-state index in [-0.39, 0.29) is 23.3 Å². The van der Waals surface area contributed by atoms with Crippen molar-refractivity contribution in [3.8, 4) is 0 Å². The van der Waals surface area contributed by atoms with Gasteiger partial charge in [0.2, 0.25) is 15.9 Å². The summed E-state index contributed by atoms with van der Waals surface area (Å²) in [4.78, 5) is 12.8. The summed E-state index contributed by atoms with van der Waals surface area (Å²) in [5.74, 6) is -0.330. The summed E-state index contributed by atoms with van der Waals surface area (Å²) in [7, 11) is -3.82. The molecule has 0 aliphatic rings. The first kappa shape index (κ1) is 20.6. The van der Waals surface area contributed by atoms with Crippen molar-refractivity contribution in [2.75, 3.05) is 0 Å². The van der Waals surface area contributed by atoms with Crippen LogP contribution >= 0.6 is 15.9 Å². The van der Waals surface area contributed by atoms with Crippen LogP contribution in [0.3, 0.4) is 0 Å². The Morgan fingerprint density at radius 1 is 1.08 bits per heavy atom. The number of hydrogen-bond acceptors (Lipinski definition) is 3. The number of hydrogen-bond donors (Lipinski definition) is 2. The molecular formula is C19H23BrN2O3S. The number of nitrogens with one attached hydrogen (secondary N) is 2. The third kappa shape index (κ3) is 5.93. The summed E-state index contributed by atoms with van der Waals surface area (Å²) in [6.45, 7) is 3.85. The normalized spacial score (nSPS) is 13.8. The third-order valence-electron chi connectivity index (χ3n) is 4.02. The zero-order chi connectivity index (χ0) is 19.2. The van der Waals surface area contributed by atoms with E-state index in [2.05, 4.69) is 26.0 Å². The fraction of sp³-hybridized carbons (Fsp3) is 0.316. The minimum Gasteiger partial charge on any atom is -0.352 e. The Morgan fingerprint density at radius 3 is 2.27 bits per heavy atom. The quantitative estimate of drug-likeness (QED) is 0.663. The molecule has 0 aliphatic carbocycles. The van der Waals surface area contributed by atoms with Crippen LogP contribution in [0.1, 0.15) is 25.8 Å². The average molecular weight is 439 g/mol. The molecule has 2 rings (SSSR count). The van der Waals surface area contributed by atoms with Gasteiger partial charge >= 0.3 is 0 Å². The van der Waals surface area contributed by atoms with Crippen LogP contribution in [0, 0.1) is 0 Å². The van der Waals surface area contributed by atoms with Crippen molar-refractivity contribution in [3.63, 3.8) is 0 Å². The monoisotopic (exact) mass is 438 g/mol. The molecule has 7 heteroatoms. The molecule has 0 fully saturated rings. The van der Waals surface area contributed by atoms with E-state index in [1.54, 1.807) is 12.1 Å². The van der Waals surface area contributed by atoms with Crippen LogP contribution in [-0.4, -0.2) is 26.4 Å². The van der Waals surface area contributed by atoms with Crippen molar-refractivity contribution in [2.45, 2.75) is 43.7 Å². The molecule has 0 heterocycles. The van der Waals surface area contributed by atoms with E-state index in [1.165, 1.54) is 12.1 Å². The largest absolute Gasteiger partial charge is 0.352 e. The van der Waals surface area contributed by atoms with E-state index < -0.39 is 16.1 Å². The van der Waals surface area contributed by atoms with Gasteiger partial charge in [-0.3, -0.25) is 4.79 Å². The van der Waals surface area contributed by atoms with Crippen molar-refractivity contribution in [2.24, 2.45) is 0 Å². The molecule has 140 valence electrons. The van der Waals surface area contributed by atoms with Gasteiger partial charge in [0.1, 0.15) is 6.04 Å². The molecule has 0 spiro atoms. The second kappa shape index (κ2) is 9.30. The number of sulfonamides is 1. The summed E-state index contributed by atoms with van der Waals surface area (Å²) < 4.78 is 28.7. The first-order valence-electron chi connectivity index (χ1n) is 8.44. The Hall–Kier alpha value is -1.70. The van der Waals surface area contributed by atoms with Crippen molar-refractivity contribution >= 4 is 31.9 Å². The van der Waals surface area contributed by atoms with Gasteiger partial charge in [-0.1, -0.05) is 53.2 Å². The minimum atomic E-state index is -3.82. The lowest BCUT2D eigenvalue weighted by atomic mass is 10.1. The van der Waals surface area contributed by atoms with E-state index in [0.29, 0.717) is 0 Å². The lowest BCUT2D eigenvalue weighted by Gasteiger charge is -2.21. The van der Waals surface area contributed by atoms with Gasteiger partial charge in [0.25, 0.3) is 0 Å². The van der Waals surface area contributed by atoms with Gasteiger partial charge in [-0.15, -0.1) is 0 Å². The highest BCUT2D eigenvalue weighted by molar-refractivity contribution is 9.10. The van der Waals surface area contributed by atoms with Crippen molar-refractivity contribution < 1.29 is 13.2 Å². The molecule has 0 saturated carbocycles. The maximum atomic E-state index is 12.7. The van der Waals surface area contributed by atoms with Gasteiger partial charge in [-0.25, -0.2) is 8.42 Å². The number of rotatable bonds is 8. The zero-order valence-corrected chi connectivity index (χ0v) is 17.2. The van der Waals surface area contributed by atoms with Gasteiger partial charge in [0, 0.05) is 10.5 Å². The van der Waals surface area contributed by atoms with Crippen LogP contribution in [0.25, 0.3) is 0 Å². The summed E-state index contributed by atoms with van der Waals surface area (Å²) in [6.07, 6.45) is 1.04. The van der Waals surface area contributed by atoms with Gasteiger partial charge in [-0.2, -0.15) is 4.72 Å². The maximum absolute atomic E-state index is 12.7. The Balaban J connectivity index is 2.24. The molecule has 0 aromatic heterocycles. The number of benzene rings is 2. The second-order valence-electron chi connectivity index (χ2n) is 6.14. The zero-order valence-electron chi connectivity index (χ0n) is 14.8. The fourth-order valence-electron chi connectivity index (χ4n) is 2.35. The van der Waals surface area contributed by atoms with Crippen molar-refractivity contribution in [1.82, 2.24) is 10.0 Å². The molecule has 2 aromatic rings. The number of carbonyl (C=O) groups is 1. The molecule has 2 atom stereocenters. The SMILES string of the molecule is CCC(C)NC(=O)C(Cc1ccccc1)NS(=O)(=O)c1ccc(Br)cc1. The highest BCUT2D eigenvalue weighted by Crippen LogP contribution is 2.16. The Morgan fingerprint density at radius 2 is 1.69 bits per heavy atom. The number of carbonyl (C=O) groups excluding carboxylic acids is 1. The van der Waals surface area contributed by atoms with Crippen LogP contribution in [0.2, 0.25) is 0 Å². The van der Waals surface area contributed by atoms with Gasteiger partial charge in [0.05, 0.1) is 4.90 Å². The van der Waals surface area contributed by atoms with Crippen LogP contribution in [0.4, 0.5) is 0 Å². The van der Waals surface area contributed by atoms with Gasteiger partial charge < -0.3 is 5.32 Å². The van der Waals surface area contributed by atoms with Gasteiger partial charge in [-0.05, 0) is 49.6 Å². The number of amides is 1. The van der Waals surface area contributed by atoms with E-state index in [9.17, 15) is 13.2 Å².